The van der Waals surface area contributed by atoms with E-state index in [-0.39, 0.29) is 6.54 Å². The lowest BCUT2D eigenvalue weighted by Gasteiger charge is -2.12. The van der Waals surface area contributed by atoms with Gasteiger partial charge in [0, 0.05) is 12.3 Å². The third-order valence-electron chi connectivity index (χ3n) is 1.97. The van der Waals surface area contributed by atoms with Crippen molar-refractivity contribution >= 4 is 22.4 Å². The molecule has 0 saturated carbocycles. The lowest BCUT2D eigenvalue weighted by atomic mass is 10.1. The number of nitrogens with one attached hydrogen (secondary N) is 1. The quantitative estimate of drug-likeness (QED) is 0.594. The average molecular weight is 206 g/mol. The minimum Gasteiger partial charge on any atom is -0.481 e. The van der Waals surface area contributed by atoms with E-state index in [1.54, 1.807) is 0 Å². The van der Waals surface area contributed by atoms with Gasteiger partial charge in [-0.25, -0.2) is 4.79 Å². The van der Waals surface area contributed by atoms with Gasteiger partial charge in [0.25, 0.3) is 0 Å². The first-order valence-corrected chi connectivity index (χ1v) is 5.40. The second-order valence-electron chi connectivity index (χ2n) is 2.89. The van der Waals surface area contributed by atoms with Gasteiger partial charge in [0.1, 0.15) is 0 Å². The number of carboxylic acids is 1. The van der Waals surface area contributed by atoms with E-state index in [1.807, 2.05) is 0 Å². The van der Waals surface area contributed by atoms with E-state index in [9.17, 15) is 9.59 Å². The Kier molecular flexibility index (Phi) is 3.56. The predicted molar refractivity (Wildman–Crippen MR) is 48.8 cm³/mol. The number of carbonyl (C=O) groups is 2. The molecular formula is C7H12NO4S. The lowest BCUT2D eigenvalue weighted by Crippen LogP contribution is -2.25. The molecule has 0 aliphatic carbocycles. The maximum atomic E-state index is 10.6. The van der Waals surface area contributed by atoms with Crippen LogP contribution in [-0.4, -0.2) is 33.8 Å². The summed E-state index contributed by atoms with van der Waals surface area (Å²) < 4.78 is 2.76. The number of aliphatic carboxylic acids is 1. The van der Waals surface area contributed by atoms with Gasteiger partial charge in [-0.15, -0.1) is 0 Å². The number of hydrogen-bond acceptors (Lipinski definition) is 3. The summed E-state index contributed by atoms with van der Waals surface area (Å²) in [6.07, 6.45) is 1.23. The van der Waals surface area contributed by atoms with Crippen molar-refractivity contribution in [1.29, 1.82) is 0 Å². The highest BCUT2D eigenvalue weighted by atomic mass is 32.2. The third-order valence-corrected chi connectivity index (χ3v) is 3.60. The Balaban J connectivity index is 2.48. The molecule has 1 radical (unpaired) electrons. The van der Waals surface area contributed by atoms with Crippen LogP contribution in [0.4, 0.5) is 4.79 Å². The van der Waals surface area contributed by atoms with Gasteiger partial charge in [0.15, 0.2) is 0 Å². The molecule has 13 heavy (non-hydrogen) atoms. The van der Waals surface area contributed by atoms with Crippen LogP contribution < -0.4 is 4.72 Å². The standard InChI is InChI=1S/C7H12NO4S/c9-6(10)5-2-1-3-13(7(11)12)8-4-5/h5,8H,1-4H2,(H,9,10)(H,11,12). The fourth-order valence-corrected chi connectivity index (χ4v) is 2.51. The molecule has 1 atom stereocenters. The zero-order valence-electron chi connectivity index (χ0n) is 7.02. The van der Waals surface area contributed by atoms with Gasteiger partial charge in [0.05, 0.1) is 5.92 Å². The third kappa shape index (κ3) is 2.89. The Morgan fingerprint density at radius 1 is 1.38 bits per heavy atom. The van der Waals surface area contributed by atoms with E-state index in [0.29, 0.717) is 18.6 Å². The predicted octanol–water partition coefficient (Wildman–Crippen LogP) is 0.933. The van der Waals surface area contributed by atoms with Crippen molar-refractivity contribution in [2.24, 2.45) is 5.92 Å². The zero-order valence-corrected chi connectivity index (χ0v) is 7.84. The molecule has 1 aliphatic heterocycles. The van der Waals surface area contributed by atoms with Crippen LogP contribution in [-0.2, 0) is 4.79 Å². The van der Waals surface area contributed by atoms with E-state index in [2.05, 4.69) is 4.72 Å². The van der Waals surface area contributed by atoms with Crippen LogP contribution in [0.3, 0.4) is 0 Å². The highest BCUT2D eigenvalue weighted by Gasteiger charge is 2.25. The second kappa shape index (κ2) is 4.48. The molecule has 0 aromatic heterocycles. The molecule has 1 aliphatic rings. The highest BCUT2D eigenvalue weighted by molar-refractivity contribution is 8.27. The molecule has 75 valence electrons. The largest absolute Gasteiger partial charge is 0.481 e. The summed E-state index contributed by atoms with van der Waals surface area (Å²) in [6, 6.07) is 0. The Hall–Kier alpha value is -0.750. The van der Waals surface area contributed by atoms with Crippen molar-refractivity contribution < 1.29 is 19.8 Å². The highest BCUT2D eigenvalue weighted by Crippen LogP contribution is 2.27. The van der Waals surface area contributed by atoms with Gasteiger partial charge < -0.3 is 10.2 Å². The average Bonchev–Trinajstić information content (AvgIpc) is 2.27. The van der Waals surface area contributed by atoms with Crippen LogP contribution in [0.2, 0.25) is 0 Å². The van der Waals surface area contributed by atoms with Crippen molar-refractivity contribution in [2.75, 3.05) is 12.3 Å². The molecule has 0 amide bonds. The van der Waals surface area contributed by atoms with Crippen molar-refractivity contribution in [3.63, 3.8) is 0 Å². The minimum atomic E-state index is -0.869. The van der Waals surface area contributed by atoms with Crippen molar-refractivity contribution in [3.05, 3.63) is 0 Å². The molecule has 1 saturated heterocycles. The molecule has 0 spiro atoms. The van der Waals surface area contributed by atoms with Crippen molar-refractivity contribution in [3.8, 4) is 0 Å². The summed E-state index contributed by atoms with van der Waals surface area (Å²) in [7, 11) is 0. The number of hydrogen-bond donors (Lipinski definition) is 3. The van der Waals surface area contributed by atoms with Crippen molar-refractivity contribution in [1.82, 2.24) is 4.72 Å². The summed E-state index contributed by atoms with van der Waals surface area (Å²) in [4.78, 5) is 21.2. The zero-order chi connectivity index (χ0) is 9.84. The van der Waals surface area contributed by atoms with Gasteiger partial charge >= 0.3 is 11.3 Å². The Morgan fingerprint density at radius 2 is 2.08 bits per heavy atom. The molecular weight excluding hydrogens is 194 g/mol. The molecule has 0 aromatic carbocycles. The Morgan fingerprint density at radius 3 is 2.62 bits per heavy atom. The van der Waals surface area contributed by atoms with Crippen LogP contribution in [0, 0.1) is 5.92 Å². The molecule has 1 rings (SSSR count). The Bertz CT molecular complexity index is 199. The minimum absolute atomic E-state index is 0.269. The fourth-order valence-electron chi connectivity index (χ4n) is 1.21. The van der Waals surface area contributed by atoms with E-state index in [4.69, 9.17) is 10.2 Å². The molecule has 0 aromatic rings. The molecule has 1 fully saturated rings. The van der Waals surface area contributed by atoms with Gasteiger partial charge in [-0.2, -0.15) is 0 Å². The molecule has 1 unspecified atom stereocenters. The van der Waals surface area contributed by atoms with E-state index >= 15 is 0 Å². The topological polar surface area (TPSA) is 86.6 Å². The van der Waals surface area contributed by atoms with Gasteiger partial charge in [-0.1, -0.05) is 0 Å². The maximum absolute atomic E-state index is 10.6. The summed E-state index contributed by atoms with van der Waals surface area (Å²) in [5, 5.41) is 16.5. The van der Waals surface area contributed by atoms with E-state index in [1.165, 1.54) is 0 Å². The number of rotatable bonds is 1. The molecule has 3 N–H and O–H groups in total. The monoisotopic (exact) mass is 206 g/mol. The first kappa shape index (κ1) is 10.3. The van der Waals surface area contributed by atoms with Crippen LogP contribution in [0.15, 0.2) is 0 Å². The fraction of sp³-hybridized carbons (Fsp3) is 0.714. The summed E-state index contributed by atoms with van der Waals surface area (Å²) in [6.45, 7) is 0.269. The normalized spacial score (nSPS) is 25.1. The van der Waals surface area contributed by atoms with Gasteiger partial charge in [-0.05, 0) is 23.9 Å². The maximum Gasteiger partial charge on any atom is 0.368 e. The lowest BCUT2D eigenvalue weighted by molar-refractivity contribution is -0.141. The second-order valence-corrected chi connectivity index (χ2v) is 4.71. The van der Waals surface area contributed by atoms with Crippen LogP contribution in [0.1, 0.15) is 12.8 Å². The molecule has 1 heterocycles. The molecule has 5 nitrogen and oxygen atoms in total. The molecule has 0 bridgehead atoms. The van der Waals surface area contributed by atoms with E-state index < -0.39 is 28.3 Å². The molecule has 6 heteroatoms. The first-order valence-electron chi connectivity index (χ1n) is 4.01. The summed E-state index contributed by atoms with van der Waals surface area (Å²) in [5.41, 5.74) is 0. The Labute approximate surface area is 78.6 Å². The van der Waals surface area contributed by atoms with Crippen LogP contribution in [0.25, 0.3) is 0 Å². The first-order chi connectivity index (χ1) is 6.11. The summed E-state index contributed by atoms with van der Waals surface area (Å²) >= 11 is -0.848. The SMILES string of the molecule is O=C(O)C1CCC[S](C(=O)O)NC1. The number of carboxylic acid groups (broad SMARTS) is 2. The van der Waals surface area contributed by atoms with Crippen molar-refractivity contribution in [2.45, 2.75) is 12.8 Å². The van der Waals surface area contributed by atoms with Crippen LogP contribution >= 0.6 is 11.1 Å². The van der Waals surface area contributed by atoms with Crippen LogP contribution in [0.5, 0.6) is 0 Å². The summed E-state index contributed by atoms with van der Waals surface area (Å²) in [5.74, 6) is -0.737. The van der Waals surface area contributed by atoms with Gasteiger partial charge in [-0.3, -0.25) is 9.52 Å². The smallest absolute Gasteiger partial charge is 0.368 e. The van der Waals surface area contributed by atoms with Gasteiger partial charge in [0.2, 0.25) is 0 Å². The van der Waals surface area contributed by atoms with E-state index in [0.717, 1.165) is 0 Å².